The van der Waals surface area contributed by atoms with Crippen molar-refractivity contribution in [1.29, 1.82) is 0 Å². The van der Waals surface area contributed by atoms with Crippen LogP contribution in [0.5, 0.6) is 5.75 Å². The SMILES string of the molecule is CO[C@H]1C(=O)N2C/C=C\CN3C(=O)[C@H](Oc4ccccc4)[C@@H]3[C@@H]12. The van der Waals surface area contributed by atoms with Gasteiger partial charge in [-0.25, -0.2) is 0 Å². The van der Waals surface area contributed by atoms with Gasteiger partial charge in [0.15, 0.2) is 12.2 Å². The van der Waals surface area contributed by atoms with Crippen LogP contribution >= 0.6 is 0 Å². The molecular weight excluding hydrogens is 296 g/mol. The van der Waals surface area contributed by atoms with Crippen molar-refractivity contribution in [2.75, 3.05) is 20.2 Å². The highest BCUT2D eigenvalue weighted by molar-refractivity contribution is 5.94. The van der Waals surface area contributed by atoms with E-state index >= 15 is 0 Å². The van der Waals surface area contributed by atoms with Crippen LogP contribution in [0.3, 0.4) is 0 Å². The van der Waals surface area contributed by atoms with E-state index in [0.717, 1.165) is 0 Å². The highest BCUT2D eigenvalue weighted by Crippen LogP contribution is 2.37. The lowest BCUT2D eigenvalue weighted by atomic mass is 9.80. The Morgan fingerprint density at radius 2 is 1.48 bits per heavy atom. The number of hydrogen-bond acceptors (Lipinski definition) is 4. The fraction of sp³-hybridized carbons (Fsp3) is 0.412. The van der Waals surface area contributed by atoms with Crippen molar-refractivity contribution in [3.05, 3.63) is 42.5 Å². The molecule has 0 unspecified atom stereocenters. The minimum Gasteiger partial charge on any atom is -0.478 e. The Hall–Kier alpha value is -2.34. The van der Waals surface area contributed by atoms with E-state index in [1.807, 2.05) is 42.5 Å². The normalized spacial score (nSPS) is 33.6. The Balaban J connectivity index is 1.61. The number of benzene rings is 1. The number of amides is 2. The first-order valence-electron chi connectivity index (χ1n) is 7.73. The van der Waals surface area contributed by atoms with Crippen molar-refractivity contribution in [2.24, 2.45) is 0 Å². The second kappa shape index (κ2) is 5.38. The molecule has 120 valence electrons. The molecule has 3 aliphatic heterocycles. The summed E-state index contributed by atoms with van der Waals surface area (Å²) in [6.07, 6.45) is 2.78. The van der Waals surface area contributed by atoms with Crippen molar-refractivity contribution in [2.45, 2.75) is 24.3 Å². The van der Waals surface area contributed by atoms with Gasteiger partial charge in [-0.3, -0.25) is 9.59 Å². The number of hydrogen-bond donors (Lipinski definition) is 0. The standard InChI is InChI=1S/C17H18N2O4/c1-22-14-12-13-15(23-11-7-3-2-4-8-11)17(21)19(13)10-6-5-9-18(12)16(14)20/h2-8,12-15H,9-10H2,1H3/b6-5-/t12-,13-,14+,15+/m0/s1. The molecule has 2 fully saturated rings. The molecule has 4 rings (SSSR count). The zero-order valence-corrected chi connectivity index (χ0v) is 12.8. The molecule has 0 aliphatic carbocycles. The summed E-state index contributed by atoms with van der Waals surface area (Å²) in [7, 11) is 1.53. The average molecular weight is 314 g/mol. The second-order valence-corrected chi connectivity index (χ2v) is 5.94. The smallest absolute Gasteiger partial charge is 0.266 e. The fourth-order valence-electron chi connectivity index (χ4n) is 3.61. The summed E-state index contributed by atoms with van der Waals surface area (Å²) < 4.78 is 11.2. The average Bonchev–Trinajstić information content (AvgIpc) is 2.56. The molecule has 0 aromatic heterocycles. The van der Waals surface area contributed by atoms with Gasteiger partial charge in [0.1, 0.15) is 11.8 Å². The van der Waals surface area contributed by atoms with Crippen molar-refractivity contribution in [3.63, 3.8) is 0 Å². The summed E-state index contributed by atoms with van der Waals surface area (Å²) in [5.41, 5.74) is 0. The van der Waals surface area contributed by atoms with E-state index in [9.17, 15) is 9.59 Å². The van der Waals surface area contributed by atoms with E-state index in [2.05, 4.69) is 0 Å². The molecule has 1 aromatic carbocycles. The van der Waals surface area contributed by atoms with E-state index in [0.29, 0.717) is 18.8 Å². The number of nitrogens with zero attached hydrogens (tertiary/aromatic N) is 2. The number of fused-ring (bicyclic) bond motifs is 3. The first-order chi connectivity index (χ1) is 11.2. The maximum Gasteiger partial charge on any atom is 0.266 e. The number of carbonyl (C=O) groups is 2. The van der Waals surface area contributed by atoms with Gasteiger partial charge in [0.05, 0.1) is 6.04 Å². The molecule has 4 atom stereocenters. The van der Waals surface area contributed by atoms with Crippen LogP contribution in [0, 0.1) is 0 Å². The third-order valence-corrected chi connectivity index (χ3v) is 4.77. The number of rotatable bonds is 3. The van der Waals surface area contributed by atoms with Crippen LogP contribution in [0.1, 0.15) is 0 Å². The van der Waals surface area contributed by atoms with Crippen molar-refractivity contribution in [3.8, 4) is 5.75 Å². The number of methoxy groups -OCH3 is 1. The molecule has 2 amide bonds. The fourth-order valence-corrected chi connectivity index (χ4v) is 3.61. The first-order valence-corrected chi connectivity index (χ1v) is 7.73. The van der Waals surface area contributed by atoms with E-state index in [1.165, 1.54) is 7.11 Å². The second-order valence-electron chi connectivity index (χ2n) is 5.94. The lowest BCUT2D eigenvalue weighted by Crippen LogP contribution is -2.81. The van der Waals surface area contributed by atoms with Gasteiger partial charge in [0.25, 0.3) is 11.8 Å². The Morgan fingerprint density at radius 1 is 0.913 bits per heavy atom. The number of β-lactam (4-membered cyclic amide) rings is 2. The first kappa shape index (κ1) is 14.3. The highest BCUT2D eigenvalue weighted by Gasteiger charge is 2.62. The minimum atomic E-state index is -0.567. The molecule has 0 radical (unpaired) electrons. The monoisotopic (exact) mass is 314 g/mol. The lowest BCUT2D eigenvalue weighted by molar-refractivity contribution is -0.197. The maximum atomic E-state index is 12.4. The van der Waals surface area contributed by atoms with Gasteiger partial charge in [0, 0.05) is 20.2 Å². The van der Waals surface area contributed by atoms with E-state index in [-0.39, 0.29) is 23.9 Å². The van der Waals surface area contributed by atoms with Crippen molar-refractivity contribution >= 4 is 11.8 Å². The lowest BCUT2D eigenvalue weighted by Gasteiger charge is -2.58. The quantitative estimate of drug-likeness (QED) is 0.600. The molecule has 6 heteroatoms. The molecule has 0 bridgehead atoms. The van der Waals surface area contributed by atoms with Gasteiger partial charge >= 0.3 is 0 Å². The van der Waals surface area contributed by atoms with Crippen LogP contribution in [0.2, 0.25) is 0 Å². The van der Waals surface area contributed by atoms with Crippen LogP contribution in [0.4, 0.5) is 0 Å². The zero-order chi connectivity index (χ0) is 16.0. The van der Waals surface area contributed by atoms with Gasteiger partial charge in [0.2, 0.25) is 0 Å². The number of para-hydroxylation sites is 1. The summed E-state index contributed by atoms with van der Waals surface area (Å²) in [6.45, 7) is 1.10. The predicted octanol–water partition coefficient (Wildman–Crippen LogP) is 0.440. The van der Waals surface area contributed by atoms with Crippen LogP contribution in [-0.4, -0.2) is 66.1 Å². The summed E-state index contributed by atoms with van der Waals surface area (Å²) in [6, 6.07) is 8.98. The molecule has 0 saturated carbocycles. The van der Waals surface area contributed by atoms with Crippen molar-refractivity contribution in [1.82, 2.24) is 9.80 Å². The Bertz CT molecular complexity index is 660. The Morgan fingerprint density at radius 3 is 2.09 bits per heavy atom. The number of carbonyl (C=O) groups excluding carboxylic acids is 2. The largest absolute Gasteiger partial charge is 0.478 e. The van der Waals surface area contributed by atoms with Crippen LogP contribution in [0.15, 0.2) is 42.5 Å². The van der Waals surface area contributed by atoms with Crippen LogP contribution < -0.4 is 4.74 Å². The molecule has 23 heavy (non-hydrogen) atoms. The predicted molar refractivity (Wildman–Crippen MR) is 81.8 cm³/mol. The third kappa shape index (κ3) is 2.05. The summed E-state index contributed by atoms with van der Waals surface area (Å²) in [5.74, 6) is 0.593. The summed E-state index contributed by atoms with van der Waals surface area (Å²) in [4.78, 5) is 28.1. The minimum absolute atomic E-state index is 0.0261. The van der Waals surface area contributed by atoms with Gasteiger partial charge in [-0.15, -0.1) is 0 Å². The molecular formula is C17H18N2O4. The zero-order valence-electron chi connectivity index (χ0n) is 12.8. The maximum absolute atomic E-state index is 12.4. The van der Waals surface area contributed by atoms with Crippen molar-refractivity contribution < 1.29 is 19.1 Å². The molecule has 0 spiro atoms. The van der Waals surface area contributed by atoms with Crippen LogP contribution in [0.25, 0.3) is 0 Å². The Kier molecular flexibility index (Phi) is 3.34. The Labute approximate surface area is 134 Å². The van der Waals surface area contributed by atoms with Gasteiger partial charge < -0.3 is 19.3 Å². The summed E-state index contributed by atoms with van der Waals surface area (Å²) in [5, 5.41) is 0. The third-order valence-electron chi connectivity index (χ3n) is 4.77. The van der Waals surface area contributed by atoms with E-state index in [4.69, 9.17) is 9.47 Å². The molecule has 3 heterocycles. The summed E-state index contributed by atoms with van der Waals surface area (Å²) >= 11 is 0. The van der Waals surface area contributed by atoms with Crippen LogP contribution in [-0.2, 0) is 14.3 Å². The van der Waals surface area contributed by atoms with E-state index in [1.54, 1.807) is 9.80 Å². The molecule has 1 aromatic rings. The van der Waals surface area contributed by atoms with Gasteiger partial charge in [-0.2, -0.15) is 0 Å². The molecule has 2 saturated heterocycles. The molecule has 6 nitrogen and oxygen atoms in total. The topological polar surface area (TPSA) is 59.1 Å². The van der Waals surface area contributed by atoms with Gasteiger partial charge in [-0.05, 0) is 12.1 Å². The molecule has 0 N–H and O–H groups in total. The van der Waals surface area contributed by atoms with Gasteiger partial charge in [-0.1, -0.05) is 30.4 Å². The number of ether oxygens (including phenoxy) is 2. The van der Waals surface area contributed by atoms with E-state index < -0.39 is 12.2 Å². The highest BCUT2D eigenvalue weighted by atomic mass is 16.5. The molecule has 3 aliphatic rings.